The number of ether oxygens (including phenoxy) is 2. The van der Waals surface area contributed by atoms with E-state index >= 15 is 0 Å². The van der Waals surface area contributed by atoms with Gasteiger partial charge in [0.2, 0.25) is 5.78 Å². The molecular formula is C44H60N11O12P2SSi2+. The molecule has 2 aliphatic rings. The minimum Gasteiger partial charge on any atom is -0.408 e. The first-order chi connectivity index (χ1) is 33.9. The molecule has 2 fully saturated rings. The normalized spacial score (nSPS) is 24.2. The van der Waals surface area contributed by atoms with Crippen molar-refractivity contribution in [2.24, 2.45) is 0 Å². The van der Waals surface area contributed by atoms with Gasteiger partial charge in [-0.25, -0.2) is 29.3 Å². The molecule has 1 aromatic carbocycles. The number of nitriles is 1. The third-order valence-corrected chi connectivity index (χ3v) is 26.3. The van der Waals surface area contributed by atoms with E-state index in [1.807, 2.05) is 33.9 Å². The molecule has 0 aliphatic carbocycles. The van der Waals surface area contributed by atoms with Crippen LogP contribution in [0, 0.1) is 11.3 Å². The number of aromatic nitrogens is 9. The molecule has 6 aromatic rings. The Hall–Kier alpha value is -4.56. The van der Waals surface area contributed by atoms with E-state index in [0.29, 0.717) is 5.56 Å². The molecule has 2 aliphatic heterocycles. The molecule has 0 saturated carbocycles. The molecule has 0 spiro atoms. The summed E-state index contributed by atoms with van der Waals surface area (Å²) in [7, 11) is -8.70. The van der Waals surface area contributed by atoms with Crippen molar-refractivity contribution in [3.8, 4) is 6.07 Å². The monoisotopic (exact) mass is 1080 g/mol. The zero-order chi connectivity index (χ0) is 52.1. The number of carbonyl (C=O) groups is 1. The van der Waals surface area contributed by atoms with Crippen molar-refractivity contribution in [3.05, 3.63) is 77.6 Å². The van der Waals surface area contributed by atoms with E-state index in [2.05, 4.69) is 75.2 Å². The number of hydrogen-bond donors (Lipinski definition) is 4. The van der Waals surface area contributed by atoms with E-state index in [9.17, 15) is 29.4 Å². The summed E-state index contributed by atoms with van der Waals surface area (Å²) >= 11 is 6.35. The van der Waals surface area contributed by atoms with Gasteiger partial charge in [-0.15, -0.1) is 9.42 Å². The van der Waals surface area contributed by atoms with Crippen LogP contribution in [0.2, 0.25) is 36.3 Å². The van der Waals surface area contributed by atoms with E-state index in [-0.39, 0.29) is 63.2 Å². The average Bonchev–Trinajstić information content (AvgIpc) is 4.16. The number of hydrogen-bond acceptors (Lipinski definition) is 18. The molecule has 72 heavy (non-hydrogen) atoms. The first kappa shape index (κ1) is 53.7. The highest BCUT2D eigenvalue weighted by Gasteiger charge is 2.57. The third-order valence-electron chi connectivity index (χ3n) is 13.9. The van der Waals surface area contributed by atoms with Gasteiger partial charge in [-0.05, 0) is 60.2 Å². The first-order valence-electron chi connectivity index (χ1n) is 23.2. The second-order valence-electron chi connectivity index (χ2n) is 20.7. The summed E-state index contributed by atoms with van der Waals surface area (Å²) in [6.45, 7) is 15.9. The number of fused-ring (bicyclic) bond motifs is 3. The minimum atomic E-state index is -3.69. The highest BCUT2D eigenvalue weighted by molar-refractivity contribution is 8.09. The third kappa shape index (κ3) is 10.7. The summed E-state index contributed by atoms with van der Waals surface area (Å²) < 4.78 is 64.2. The summed E-state index contributed by atoms with van der Waals surface area (Å²) in [5.74, 6) is -0.0364. The lowest BCUT2D eigenvalue weighted by molar-refractivity contribution is -0.0527. The summed E-state index contributed by atoms with van der Waals surface area (Å²) in [4.78, 5) is 62.5. The van der Waals surface area contributed by atoms with Gasteiger partial charge in [-0.3, -0.25) is 18.7 Å². The van der Waals surface area contributed by atoms with Gasteiger partial charge < -0.3 is 42.8 Å². The van der Waals surface area contributed by atoms with E-state index in [0.717, 1.165) is 0 Å². The summed E-state index contributed by atoms with van der Waals surface area (Å²) in [6.07, 6.45) is -1.80. The van der Waals surface area contributed by atoms with Crippen LogP contribution in [0.15, 0.2) is 66.5 Å². The quantitative estimate of drug-likeness (QED) is 0.0515. The van der Waals surface area contributed by atoms with Crippen LogP contribution in [-0.4, -0.2) is 132 Å². The first-order valence-corrected chi connectivity index (χ1v) is 33.0. The van der Waals surface area contributed by atoms with E-state index in [4.69, 9.17) is 43.7 Å². The number of benzene rings is 1. The molecule has 1 amide bonds. The molecule has 0 radical (unpaired) electrons. The van der Waals surface area contributed by atoms with Gasteiger partial charge in [0.05, 0.1) is 31.9 Å². The van der Waals surface area contributed by atoms with Crippen LogP contribution in [0.4, 0.5) is 5.82 Å². The van der Waals surface area contributed by atoms with Crippen molar-refractivity contribution in [1.29, 1.82) is 5.26 Å². The maximum Gasteiger partial charge on any atom is 0.695 e. The number of imidazole rings is 3. The molecule has 4 N–H and O–H groups in total. The van der Waals surface area contributed by atoms with Gasteiger partial charge in [0, 0.05) is 35.1 Å². The topological polar surface area (TPSA) is 287 Å². The number of carbonyl (C=O) groups excluding carboxylic acids is 1. The van der Waals surface area contributed by atoms with Crippen LogP contribution in [-0.2, 0) is 48.3 Å². The van der Waals surface area contributed by atoms with Gasteiger partial charge in [-0.1, -0.05) is 59.7 Å². The number of nitrogens with one attached hydrogen (secondary N) is 2. The fourth-order valence-corrected chi connectivity index (χ4v) is 13.5. The highest BCUT2D eigenvalue weighted by atomic mass is 32.5. The standard InChI is InChI=1S/C44H59N11O12P2SSi2/c1-43(2,3)71(7,8)66-32-27(21-56)62-40(54-24-49-29-35(47-23-48-36(29)54)51-38(57)26-15-12-11-13-16-26)33(32)65-69(70,20-14-17-45)61-22-28-31(64-68(59)60)34(67-72(9,10)44(4,5)6)41(63-28)55-25-50-30-37(55)52-42-46-18-19-53(42)39(30)58/h11-13,15-16,18-19,23-25,27-28,31-34,40-41,56H,14,20-22H2,1-10H3,(H2-,46,47,48,51,52,57,58,59,60)/p+1/t27-,28-,31-,32-,33-,34-,40-,41-,69?/m1/s1. The van der Waals surface area contributed by atoms with Crippen molar-refractivity contribution in [2.45, 2.75) is 133 Å². The maximum atomic E-state index is 13.5. The van der Waals surface area contributed by atoms with Gasteiger partial charge >= 0.3 is 8.25 Å². The molecule has 8 rings (SSSR count). The van der Waals surface area contributed by atoms with E-state index < -0.39 is 98.5 Å². The van der Waals surface area contributed by atoms with Crippen LogP contribution in [0.25, 0.3) is 28.1 Å². The molecule has 2 unspecified atom stereocenters. The second-order valence-corrected chi connectivity index (χ2v) is 34.7. The fourth-order valence-electron chi connectivity index (χ4n) is 8.01. The number of rotatable bonds is 18. The van der Waals surface area contributed by atoms with E-state index in [1.54, 1.807) is 39.5 Å². The Kier molecular flexibility index (Phi) is 15.4. The van der Waals surface area contributed by atoms with Crippen LogP contribution in [0.1, 0.15) is 70.8 Å². The summed E-state index contributed by atoms with van der Waals surface area (Å²) in [5, 5.41) is 23.1. The maximum absolute atomic E-state index is 13.5. The van der Waals surface area contributed by atoms with Gasteiger partial charge in [0.25, 0.3) is 11.5 Å². The molecule has 23 nitrogen and oxygen atoms in total. The Morgan fingerprint density at radius 3 is 2.21 bits per heavy atom. The number of aliphatic hydroxyl groups is 1. The molecule has 7 heterocycles. The predicted molar refractivity (Wildman–Crippen MR) is 273 cm³/mol. The number of aliphatic hydroxyl groups excluding tert-OH is 1. The van der Waals surface area contributed by atoms with Crippen LogP contribution >= 0.6 is 14.7 Å². The van der Waals surface area contributed by atoms with Crippen LogP contribution < -0.4 is 10.9 Å². The average molecular weight is 1090 g/mol. The lowest BCUT2D eigenvalue weighted by Gasteiger charge is -2.41. The minimum absolute atomic E-state index is 0.0747. The fraction of sp³-hybridized carbons (Fsp3) is 0.545. The molecule has 28 heteroatoms. The highest BCUT2D eigenvalue weighted by Crippen LogP contribution is 2.56. The largest absolute Gasteiger partial charge is 0.695 e. The molecular weight excluding hydrogens is 1020 g/mol. The SMILES string of the molecule is CC(C)(C)[Si](C)(C)O[C@@H]1[C@H](O[P+](=O)O)[C@@H](COP(=S)(CCC#N)O[C@@H]2[C@H](O[Si](C)(C)C(C)(C)C)[C@@H](CO)O[C@H]2n2cnc3c(NC(=O)c4ccccc4)ncnc32)O[C@H]1n1cnc2c(=O)n3ccnc3[nH]c21. The van der Waals surface area contributed by atoms with Gasteiger partial charge in [0.1, 0.15) is 42.5 Å². The Balaban J connectivity index is 1.17. The zero-order valence-corrected chi connectivity index (χ0v) is 46.1. The van der Waals surface area contributed by atoms with Crippen molar-refractivity contribution >= 4 is 83.0 Å². The molecule has 5 aromatic heterocycles. The summed E-state index contributed by atoms with van der Waals surface area (Å²) in [6, 6.07) is 10.8. The zero-order valence-electron chi connectivity index (χ0n) is 41.5. The van der Waals surface area contributed by atoms with Crippen molar-refractivity contribution in [2.75, 3.05) is 24.7 Å². The predicted octanol–water partition coefficient (Wildman–Crippen LogP) is 6.69. The Morgan fingerprint density at radius 1 is 0.917 bits per heavy atom. The van der Waals surface area contributed by atoms with Crippen LogP contribution in [0.3, 0.4) is 0 Å². The Labute approximate surface area is 422 Å². The van der Waals surface area contributed by atoms with Gasteiger partial charge in [-0.2, -0.15) is 5.26 Å². The molecule has 2 saturated heterocycles. The van der Waals surface area contributed by atoms with Crippen LogP contribution in [0.5, 0.6) is 0 Å². The lowest BCUT2D eigenvalue weighted by atomic mass is 10.1. The number of amides is 1. The molecule has 10 atom stereocenters. The van der Waals surface area contributed by atoms with Crippen molar-refractivity contribution < 1.29 is 51.3 Å². The molecule has 0 bridgehead atoms. The summed E-state index contributed by atoms with van der Waals surface area (Å²) in [5.41, 5.74) is 0.787. The number of aromatic amines is 1. The number of nitrogens with zero attached hydrogens (tertiary/aromatic N) is 9. The van der Waals surface area contributed by atoms with Gasteiger partial charge in [0.15, 0.2) is 64.2 Å². The van der Waals surface area contributed by atoms with E-state index in [1.165, 1.54) is 35.8 Å². The number of H-pyrrole nitrogens is 1. The number of anilines is 1. The molecule has 386 valence electrons. The lowest BCUT2D eigenvalue weighted by Crippen LogP contribution is -2.50. The Morgan fingerprint density at radius 2 is 1.56 bits per heavy atom. The second kappa shape index (κ2) is 20.6. The van der Waals surface area contributed by atoms with Crippen molar-refractivity contribution in [1.82, 2.24) is 43.4 Å². The smallest absolute Gasteiger partial charge is 0.408 e. The Bertz CT molecular complexity index is 3120. The van der Waals surface area contributed by atoms with Crippen molar-refractivity contribution in [3.63, 3.8) is 0 Å².